The molecule has 3 rings (SSSR count). The number of fused-ring (bicyclic) bond motifs is 1. The maximum absolute atomic E-state index is 10.9. The minimum absolute atomic E-state index is 0.170. The summed E-state index contributed by atoms with van der Waals surface area (Å²) >= 11 is 0. The zero-order chi connectivity index (χ0) is 17.4. The van der Waals surface area contributed by atoms with Crippen LogP contribution in [0.2, 0.25) is 0 Å². The van der Waals surface area contributed by atoms with Crippen molar-refractivity contribution in [2.24, 2.45) is 0 Å². The Morgan fingerprint density at radius 1 is 1.17 bits per heavy atom. The number of carboxylic acid groups (broad SMARTS) is 1. The van der Waals surface area contributed by atoms with Crippen LogP contribution in [0.5, 0.6) is 0 Å². The van der Waals surface area contributed by atoms with Gasteiger partial charge in [-0.2, -0.15) is 9.61 Å². The summed E-state index contributed by atoms with van der Waals surface area (Å²) in [7, 11) is 0. The lowest BCUT2D eigenvalue weighted by atomic mass is 9.96. The van der Waals surface area contributed by atoms with E-state index >= 15 is 0 Å². The third-order valence-corrected chi connectivity index (χ3v) is 4.04. The molecule has 1 aromatic carbocycles. The van der Waals surface area contributed by atoms with Crippen molar-refractivity contribution in [1.29, 1.82) is 0 Å². The van der Waals surface area contributed by atoms with Crippen molar-refractivity contribution in [2.75, 3.05) is 11.9 Å². The topological polar surface area (TPSA) is 79.5 Å². The molecular weight excluding hydrogens is 304 g/mol. The predicted molar refractivity (Wildman–Crippen MR) is 93.5 cm³/mol. The van der Waals surface area contributed by atoms with Gasteiger partial charge in [0.15, 0.2) is 5.65 Å². The van der Waals surface area contributed by atoms with Gasteiger partial charge in [-0.05, 0) is 44.4 Å². The molecule has 0 fully saturated rings. The summed E-state index contributed by atoms with van der Waals surface area (Å²) in [5.41, 5.74) is 6.86. The summed E-state index contributed by atoms with van der Waals surface area (Å²) in [5.74, 6) is -0.294. The molecule has 3 aromatic rings. The number of aliphatic carboxylic acids is 1. The molecule has 24 heavy (non-hydrogen) atoms. The fraction of sp³-hybridized carbons (Fsp3) is 0.278. The Kier molecular flexibility index (Phi) is 3.97. The number of rotatable bonds is 4. The number of carboxylic acids is 1. The average Bonchev–Trinajstić information content (AvgIpc) is 2.81. The summed E-state index contributed by atoms with van der Waals surface area (Å²) < 4.78 is 1.69. The molecule has 0 aliphatic carbocycles. The Labute approximate surface area is 140 Å². The van der Waals surface area contributed by atoms with Gasteiger partial charge in [-0.25, -0.2) is 4.98 Å². The quantitative estimate of drug-likeness (QED) is 0.771. The zero-order valence-corrected chi connectivity index (χ0v) is 14.2. The second kappa shape index (κ2) is 5.96. The highest BCUT2D eigenvalue weighted by Crippen LogP contribution is 2.33. The Bertz CT molecular complexity index is 924. The highest BCUT2D eigenvalue weighted by Gasteiger charge is 2.19. The number of aryl methyl sites for hydroxylation is 4. The van der Waals surface area contributed by atoms with E-state index in [2.05, 4.69) is 41.4 Å². The Morgan fingerprint density at radius 2 is 1.83 bits per heavy atom. The molecule has 2 heterocycles. The highest BCUT2D eigenvalue weighted by atomic mass is 16.4. The molecule has 6 nitrogen and oxygen atoms in total. The smallest absolute Gasteiger partial charge is 0.322 e. The fourth-order valence-electron chi connectivity index (χ4n) is 3.04. The molecule has 0 saturated carbocycles. The first-order valence-electron chi connectivity index (χ1n) is 7.77. The van der Waals surface area contributed by atoms with Crippen LogP contribution in [0.4, 0.5) is 5.82 Å². The Morgan fingerprint density at radius 3 is 2.46 bits per heavy atom. The van der Waals surface area contributed by atoms with Gasteiger partial charge in [0.2, 0.25) is 0 Å². The lowest BCUT2D eigenvalue weighted by Crippen LogP contribution is -2.15. The van der Waals surface area contributed by atoms with Crippen molar-refractivity contribution in [2.45, 2.75) is 27.7 Å². The van der Waals surface area contributed by atoms with Gasteiger partial charge in [0.1, 0.15) is 12.4 Å². The monoisotopic (exact) mass is 324 g/mol. The lowest BCUT2D eigenvalue weighted by molar-refractivity contribution is -0.134. The van der Waals surface area contributed by atoms with Gasteiger partial charge in [-0.1, -0.05) is 18.2 Å². The van der Waals surface area contributed by atoms with E-state index in [0.717, 1.165) is 39.3 Å². The third-order valence-electron chi connectivity index (χ3n) is 4.04. The molecule has 0 unspecified atom stereocenters. The maximum atomic E-state index is 10.9. The van der Waals surface area contributed by atoms with Crippen LogP contribution in [-0.4, -0.2) is 32.2 Å². The van der Waals surface area contributed by atoms with Crippen molar-refractivity contribution in [1.82, 2.24) is 14.6 Å². The summed E-state index contributed by atoms with van der Waals surface area (Å²) in [6.45, 7) is 7.82. The van der Waals surface area contributed by atoms with Crippen LogP contribution in [0, 0.1) is 27.7 Å². The molecule has 0 aliphatic heterocycles. The maximum Gasteiger partial charge on any atom is 0.322 e. The molecule has 2 aromatic heterocycles. The Hall–Kier alpha value is -2.89. The van der Waals surface area contributed by atoms with Crippen molar-refractivity contribution in [3.63, 3.8) is 0 Å². The van der Waals surface area contributed by atoms with Crippen LogP contribution in [0.15, 0.2) is 24.3 Å². The van der Waals surface area contributed by atoms with E-state index in [0.29, 0.717) is 5.82 Å². The van der Waals surface area contributed by atoms with Crippen molar-refractivity contribution in [3.05, 3.63) is 46.8 Å². The molecule has 124 valence electrons. The van der Waals surface area contributed by atoms with Crippen LogP contribution in [0.25, 0.3) is 16.8 Å². The molecule has 0 spiro atoms. The molecular formula is C18H20N4O2. The molecule has 0 radical (unpaired) electrons. The number of benzene rings is 1. The molecule has 0 aliphatic rings. The summed E-state index contributed by atoms with van der Waals surface area (Å²) in [5, 5.41) is 16.4. The van der Waals surface area contributed by atoms with Crippen LogP contribution in [-0.2, 0) is 4.79 Å². The summed E-state index contributed by atoms with van der Waals surface area (Å²) in [6.07, 6.45) is 0. The number of carbonyl (C=O) groups is 1. The van der Waals surface area contributed by atoms with E-state index < -0.39 is 5.97 Å². The first-order valence-corrected chi connectivity index (χ1v) is 7.77. The van der Waals surface area contributed by atoms with Crippen LogP contribution in [0.3, 0.4) is 0 Å². The van der Waals surface area contributed by atoms with Crippen LogP contribution >= 0.6 is 0 Å². The highest BCUT2D eigenvalue weighted by molar-refractivity contribution is 5.84. The lowest BCUT2D eigenvalue weighted by Gasteiger charge is -2.10. The number of hydrogen-bond acceptors (Lipinski definition) is 4. The van der Waals surface area contributed by atoms with Gasteiger partial charge in [0, 0.05) is 11.8 Å². The second-order valence-corrected chi connectivity index (χ2v) is 5.99. The van der Waals surface area contributed by atoms with Crippen molar-refractivity contribution < 1.29 is 9.90 Å². The van der Waals surface area contributed by atoms with E-state index in [1.165, 1.54) is 0 Å². The van der Waals surface area contributed by atoms with Crippen LogP contribution < -0.4 is 5.32 Å². The number of hydrogen-bond donors (Lipinski definition) is 2. The minimum Gasteiger partial charge on any atom is -0.480 e. The second-order valence-electron chi connectivity index (χ2n) is 5.99. The largest absolute Gasteiger partial charge is 0.480 e. The number of nitrogens with one attached hydrogen (secondary N) is 1. The summed E-state index contributed by atoms with van der Waals surface area (Å²) in [4.78, 5) is 15.5. The SMILES string of the molecule is Cc1cc(NCC(=O)O)n2nc(C)c(-c3c(C)cccc3C)c2n1. The standard InChI is InChI=1S/C18H20N4O2/c1-10-6-5-7-11(2)16(10)17-13(4)21-22-14(19-9-15(23)24)8-12(3)20-18(17)22/h5-8,19H,9H2,1-4H3,(H,23,24). The normalized spacial score (nSPS) is 11.0. The summed E-state index contributed by atoms with van der Waals surface area (Å²) in [6, 6.07) is 7.99. The third kappa shape index (κ3) is 2.71. The minimum atomic E-state index is -0.920. The average molecular weight is 324 g/mol. The first-order chi connectivity index (χ1) is 11.4. The Balaban J connectivity index is 2.27. The number of aromatic nitrogens is 3. The molecule has 0 amide bonds. The van der Waals surface area contributed by atoms with Gasteiger partial charge < -0.3 is 10.4 Å². The van der Waals surface area contributed by atoms with Gasteiger partial charge in [0.25, 0.3) is 0 Å². The molecule has 2 N–H and O–H groups in total. The van der Waals surface area contributed by atoms with E-state index in [-0.39, 0.29) is 6.54 Å². The van der Waals surface area contributed by atoms with Gasteiger partial charge in [0.05, 0.1) is 11.3 Å². The van der Waals surface area contributed by atoms with Crippen molar-refractivity contribution in [3.8, 4) is 11.1 Å². The molecule has 0 bridgehead atoms. The van der Waals surface area contributed by atoms with Gasteiger partial charge >= 0.3 is 5.97 Å². The molecule has 0 saturated heterocycles. The van der Waals surface area contributed by atoms with Gasteiger partial charge in [-0.3, -0.25) is 4.79 Å². The van der Waals surface area contributed by atoms with E-state index in [1.54, 1.807) is 10.6 Å². The molecule has 0 atom stereocenters. The first kappa shape index (κ1) is 16.0. The number of anilines is 1. The van der Waals surface area contributed by atoms with E-state index in [1.807, 2.05) is 19.9 Å². The number of nitrogens with zero attached hydrogens (tertiary/aromatic N) is 3. The fourth-order valence-corrected chi connectivity index (χ4v) is 3.04. The van der Waals surface area contributed by atoms with E-state index in [9.17, 15) is 4.79 Å². The molecule has 6 heteroatoms. The van der Waals surface area contributed by atoms with Crippen LogP contribution in [0.1, 0.15) is 22.5 Å². The van der Waals surface area contributed by atoms with Gasteiger partial charge in [-0.15, -0.1) is 0 Å². The zero-order valence-electron chi connectivity index (χ0n) is 14.2. The van der Waals surface area contributed by atoms with E-state index in [4.69, 9.17) is 5.11 Å². The predicted octanol–water partition coefficient (Wildman–Crippen LogP) is 3.13. The van der Waals surface area contributed by atoms with Crippen molar-refractivity contribution >= 4 is 17.4 Å².